The van der Waals surface area contributed by atoms with Crippen LogP contribution in [0.5, 0.6) is 0 Å². The summed E-state index contributed by atoms with van der Waals surface area (Å²) in [6.07, 6.45) is 52.9. The molecule has 0 N–H and O–H groups in total. The number of rotatable bonds is 36. The van der Waals surface area contributed by atoms with E-state index in [-0.39, 0.29) is 19.5 Å². The second kappa shape index (κ2) is 61.0. The van der Waals surface area contributed by atoms with Crippen LogP contribution in [0.1, 0.15) is 237 Å². The molecule has 0 amide bonds. The fraction of sp³-hybridized carbons (Fsp3) is 1.00. The summed E-state index contributed by atoms with van der Waals surface area (Å²) in [6.45, 7) is 27.8. The molecule has 0 heterocycles. The molecular formula is C48H108P4Ru. The summed E-state index contributed by atoms with van der Waals surface area (Å²) in [5.41, 5.74) is 0. The Labute approximate surface area is 360 Å². The van der Waals surface area contributed by atoms with Gasteiger partial charge in [0.05, 0.1) is 0 Å². The molecule has 0 unspecified atom stereocenters. The van der Waals surface area contributed by atoms with Crippen molar-refractivity contribution >= 4 is 31.7 Å². The third-order valence-electron chi connectivity index (χ3n) is 9.93. The SMILES string of the molecule is CCCCP(CCCC)CCCC.CCCCP(CCCC)CCCC.CCCCP(CCCC)CCCC.CCCCP(CCCC)CCCC.[Ru]. The van der Waals surface area contributed by atoms with Crippen molar-refractivity contribution < 1.29 is 19.5 Å². The Morgan fingerprint density at radius 3 is 0.302 bits per heavy atom. The van der Waals surface area contributed by atoms with Crippen molar-refractivity contribution in [3.8, 4) is 0 Å². The number of hydrogen-bond donors (Lipinski definition) is 0. The summed E-state index contributed by atoms with van der Waals surface area (Å²) in [5.74, 6) is 0. The van der Waals surface area contributed by atoms with Crippen LogP contribution in [0.3, 0.4) is 0 Å². The Morgan fingerprint density at radius 1 is 0.170 bits per heavy atom. The molecule has 0 aromatic carbocycles. The fourth-order valence-electron chi connectivity index (χ4n) is 5.92. The van der Waals surface area contributed by atoms with E-state index in [2.05, 4.69) is 83.1 Å². The molecular weight excluding hydrogens is 801 g/mol. The van der Waals surface area contributed by atoms with E-state index < -0.39 is 0 Å². The molecule has 0 rings (SSSR count). The molecule has 0 aromatic rings. The largest absolute Gasteiger partial charge is 0.107 e. The van der Waals surface area contributed by atoms with Gasteiger partial charge in [0.25, 0.3) is 0 Å². The van der Waals surface area contributed by atoms with Gasteiger partial charge in [-0.2, -0.15) is 0 Å². The first-order valence-corrected chi connectivity index (χ1v) is 31.9. The third-order valence-corrected chi connectivity index (χ3v) is 21.3. The van der Waals surface area contributed by atoms with Crippen LogP contribution in [0, 0.1) is 0 Å². The minimum absolute atomic E-state index is 0. The summed E-state index contributed by atoms with van der Waals surface area (Å²) >= 11 is 0. The summed E-state index contributed by atoms with van der Waals surface area (Å²) < 4.78 is 0. The third kappa shape index (κ3) is 58.7. The molecule has 0 fully saturated rings. The molecule has 0 spiro atoms. The van der Waals surface area contributed by atoms with Crippen molar-refractivity contribution in [3.05, 3.63) is 0 Å². The maximum atomic E-state index is 2.31. The van der Waals surface area contributed by atoms with Gasteiger partial charge < -0.3 is 0 Å². The molecule has 0 aliphatic carbocycles. The monoisotopic (exact) mass is 911 g/mol. The van der Waals surface area contributed by atoms with Crippen LogP contribution in [-0.2, 0) is 19.5 Å². The van der Waals surface area contributed by atoms with E-state index in [9.17, 15) is 0 Å². The molecule has 0 aliphatic heterocycles. The smallest absolute Gasteiger partial charge is 0 e. The van der Waals surface area contributed by atoms with Crippen LogP contribution in [0.15, 0.2) is 0 Å². The normalized spacial score (nSPS) is 10.9. The molecule has 0 radical (unpaired) electrons. The van der Waals surface area contributed by atoms with Crippen molar-refractivity contribution in [2.75, 3.05) is 73.9 Å². The van der Waals surface area contributed by atoms with Crippen molar-refractivity contribution in [2.24, 2.45) is 0 Å². The van der Waals surface area contributed by atoms with Gasteiger partial charge in [0, 0.05) is 19.5 Å². The molecule has 0 saturated heterocycles. The zero-order chi connectivity index (χ0) is 39.8. The molecule has 5 heteroatoms. The molecule has 0 bridgehead atoms. The Kier molecular flexibility index (Phi) is 74.2. The summed E-state index contributed by atoms with van der Waals surface area (Å²) in [5, 5.41) is 0. The standard InChI is InChI=1S/4C12H27P.Ru/c4*1-4-7-10-13(11-8-5-2)12-9-6-3;/h4*4-12H2,1-3H3;. The molecule has 53 heavy (non-hydrogen) atoms. The molecule has 0 aromatic heterocycles. The molecule has 0 atom stereocenters. The van der Waals surface area contributed by atoms with Crippen molar-refractivity contribution in [1.82, 2.24) is 0 Å². The van der Waals surface area contributed by atoms with Gasteiger partial charge >= 0.3 is 0 Å². The Morgan fingerprint density at radius 2 is 0.245 bits per heavy atom. The predicted octanol–water partition coefficient (Wildman–Crippen LogP) is 19.5. The first-order chi connectivity index (χ1) is 25.4. The van der Waals surface area contributed by atoms with Gasteiger partial charge in [-0.15, -0.1) is 31.7 Å². The number of unbranched alkanes of at least 4 members (excludes halogenated alkanes) is 12. The second-order valence-corrected chi connectivity index (χ2v) is 26.3. The van der Waals surface area contributed by atoms with Crippen LogP contribution in [-0.4, -0.2) is 73.9 Å². The molecule has 0 saturated carbocycles. The van der Waals surface area contributed by atoms with Crippen LogP contribution >= 0.6 is 31.7 Å². The van der Waals surface area contributed by atoms with E-state index in [1.54, 1.807) is 73.9 Å². The Balaban J connectivity index is -0.000000192. The van der Waals surface area contributed by atoms with Crippen molar-refractivity contribution in [3.63, 3.8) is 0 Å². The molecule has 0 aliphatic rings. The summed E-state index contributed by atoms with van der Waals surface area (Å²) in [6, 6.07) is 0. The predicted molar refractivity (Wildman–Crippen MR) is 265 cm³/mol. The Hall–Kier alpha value is 2.34. The minimum Gasteiger partial charge on any atom is -0.107 e. The van der Waals surface area contributed by atoms with Gasteiger partial charge in [-0.3, -0.25) is 0 Å². The van der Waals surface area contributed by atoms with Gasteiger partial charge in [0.15, 0.2) is 0 Å². The Bertz CT molecular complexity index is 392. The van der Waals surface area contributed by atoms with E-state index in [4.69, 9.17) is 0 Å². The van der Waals surface area contributed by atoms with E-state index >= 15 is 0 Å². The zero-order valence-electron chi connectivity index (χ0n) is 39.6. The number of hydrogen-bond acceptors (Lipinski definition) is 0. The first-order valence-electron chi connectivity index (χ1n) is 24.3. The van der Waals surface area contributed by atoms with Crippen LogP contribution in [0.25, 0.3) is 0 Å². The first kappa shape index (κ1) is 64.5. The maximum absolute atomic E-state index is 2.31. The molecule has 328 valence electrons. The van der Waals surface area contributed by atoms with E-state index in [1.165, 1.54) is 154 Å². The fourth-order valence-corrected chi connectivity index (χ4v) is 17.8. The van der Waals surface area contributed by atoms with Crippen molar-refractivity contribution in [1.29, 1.82) is 0 Å². The maximum Gasteiger partial charge on any atom is 0 e. The van der Waals surface area contributed by atoms with E-state index in [1.807, 2.05) is 0 Å². The van der Waals surface area contributed by atoms with Crippen LogP contribution in [0.2, 0.25) is 0 Å². The van der Waals surface area contributed by atoms with Gasteiger partial charge in [-0.25, -0.2) is 0 Å². The van der Waals surface area contributed by atoms with Gasteiger partial charge in [-0.05, 0) is 151 Å². The summed E-state index contributed by atoms with van der Waals surface area (Å²) in [4.78, 5) is 0. The van der Waals surface area contributed by atoms with Crippen LogP contribution in [0.4, 0.5) is 0 Å². The average molecular weight is 910 g/mol. The quantitative estimate of drug-likeness (QED) is 0.0434. The minimum atomic E-state index is 0. The van der Waals surface area contributed by atoms with Gasteiger partial charge in [-0.1, -0.05) is 160 Å². The zero-order valence-corrected chi connectivity index (χ0v) is 44.9. The van der Waals surface area contributed by atoms with Gasteiger partial charge in [0.1, 0.15) is 0 Å². The van der Waals surface area contributed by atoms with E-state index in [0.717, 1.165) is 0 Å². The second-order valence-electron chi connectivity index (χ2n) is 15.6. The van der Waals surface area contributed by atoms with E-state index in [0.29, 0.717) is 31.7 Å². The van der Waals surface area contributed by atoms with Gasteiger partial charge in [0.2, 0.25) is 0 Å². The molecule has 0 nitrogen and oxygen atoms in total. The van der Waals surface area contributed by atoms with Crippen LogP contribution < -0.4 is 0 Å². The topological polar surface area (TPSA) is 0 Å². The average Bonchev–Trinajstić information content (AvgIpc) is 3.17. The summed E-state index contributed by atoms with van der Waals surface area (Å²) in [7, 11) is 1.69. The van der Waals surface area contributed by atoms with Crippen molar-refractivity contribution in [2.45, 2.75) is 237 Å².